The van der Waals surface area contributed by atoms with Crippen LogP contribution in [0.15, 0.2) is 18.2 Å². The molecule has 5 nitrogen and oxygen atoms in total. The quantitative estimate of drug-likeness (QED) is 0.614. The normalized spacial score (nSPS) is 21.7. The third kappa shape index (κ3) is 4.67. The Hall–Kier alpha value is -1.48. The van der Waals surface area contributed by atoms with Crippen molar-refractivity contribution in [3.05, 3.63) is 50.2 Å². The highest BCUT2D eigenvalue weighted by molar-refractivity contribution is 6.35. The van der Waals surface area contributed by atoms with Gasteiger partial charge in [-0.25, -0.2) is 0 Å². The minimum Gasteiger partial charge on any atom is -0.340 e. The van der Waals surface area contributed by atoms with Gasteiger partial charge in [0, 0.05) is 42.8 Å². The lowest BCUT2D eigenvalue weighted by Gasteiger charge is -2.22. The monoisotopic (exact) mass is 494 g/mol. The first kappa shape index (κ1) is 22.7. The van der Waals surface area contributed by atoms with Gasteiger partial charge in [-0.1, -0.05) is 40.9 Å². The van der Waals surface area contributed by atoms with E-state index in [0.29, 0.717) is 41.5 Å². The molecule has 168 valence electrons. The molecule has 1 aromatic carbocycles. The minimum atomic E-state index is -4.66. The summed E-state index contributed by atoms with van der Waals surface area (Å²) in [4.78, 5) is 16.7. The van der Waals surface area contributed by atoms with Crippen molar-refractivity contribution in [2.75, 3.05) is 26.2 Å². The molecule has 11 heteroatoms. The second-order valence-electron chi connectivity index (χ2n) is 8.15. The van der Waals surface area contributed by atoms with E-state index in [2.05, 4.69) is 10.00 Å². The number of hydrogen-bond donors (Lipinski definition) is 0. The van der Waals surface area contributed by atoms with Gasteiger partial charge in [0.15, 0.2) is 5.69 Å². The molecular formula is C20H20Cl3F3N4O. The van der Waals surface area contributed by atoms with Crippen LogP contribution in [0.4, 0.5) is 13.2 Å². The number of hydrogen-bond acceptors (Lipinski definition) is 3. The standard InChI is InChI=1S/C20H20Cl3F3N4O/c1-11-18(23)19(20(24,25)26)27-30(11)10-17(31)29-8-13-6-28(7-14(13)9-29)5-12-2-3-15(21)4-16(12)22/h2-4,13-14H,5-10H2,1H3. The van der Waals surface area contributed by atoms with Crippen molar-refractivity contribution in [3.63, 3.8) is 0 Å². The van der Waals surface area contributed by atoms with Crippen molar-refractivity contribution in [3.8, 4) is 0 Å². The van der Waals surface area contributed by atoms with E-state index in [4.69, 9.17) is 34.8 Å². The van der Waals surface area contributed by atoms with Crippen LogP contribution in [0.2, 0.25) is 15.1 Å². The molecule has 2 aromatic rings. The Balaban J connectivity index is 1.35. The lowest BCUT2D eigenvalue weighted by Crippen LogP contribution is -2.35. The molecule has 0 N–H and O–H groups in total. The molecule has 0 bridgehead atoms. The van der Waals surface area contributed by atoms with E-state index in [-0.39, 0.29) is 18.1 Å². The summed E-state index contributed by atoms with van der Waals surface area (Å²) in [6, 6.07) is 5.46. The molecular weight excluding hydrogens is 476 g/mol. The lowest BCUT2D eigenvalue weighted by molar-refractivity contribution is -0.142. The number of fused-ring (bicyclic) bond motifs is 1. The molecule has 1 aromatic heterocycles. The number of halogens is 6. The molecule has 0 spiro atoms. The summed E-state index contributed by atoms with van der Waals surface area (Å²) in [6.45, 7) is 4.70. The van der Waals surface area contributed by atoms with E-state index in [0.717, 1.165) is 23.3 Å². The number of aromatic nitrogens is 2. The second-order valence-corrected chi connectivity index (χ2v) is 9.37. The van der Waals surface area contributed by atoms with Gasteiger partial charge < -0.3 is 4.90 Å². The maximum absolute atomic E-state index is 13.0. The number of benzene rings is 1. The Morgan fingerprint density at radius 1 is 1.13 bits per heavy atom. The number of amides is 1. The highest BCUT2D eigenvalue weighted by Gasteiger charge is 2.42. The van der Waals surface area contributed by atoms with Crippen LogP contribution < -0.4 is 0 Å². The van der Waals surface area contributed by atoms with Crippen LogP contribution in [-0.4, -0.2) is 51.7 Å². The SMILES string of the molecule is Cc1c(Cl)c(C(F)(F)F)nn1CC(=O)N1CC2CN(Cc3ccc(Cl)cc3Cl)CC2C1. The first-order valence-corrected chi connectivity index (χ1v) is 10.9. The summed E-state index contributed by atoms with van der Waals surface area (Å²) >= 11 is 18.0. The molecule has 2 saturated heterocycles. The zero-order valence-corrected chi connectivity index (χ0v) is 18.9. The van der Waals surface area contributed by atoms with Gasteiger partial charge in [-0.3, -0.25) is 14.4 Å². The Morgan fingerprint density at radius 3 is 2.32 bits per heavy atom. The van der Waals surface area contributed by atoms with Crippen molar-refractivity contribution >= 4 is 40.7 Å². The summed E-state index contributed by atoms with van der Waals surface area (Å²) in [5.74, 6) is 0.392. The van der Waals surface area contributed by atoms with Crippen molar-refractivity contribution in [1.82, 2.24) is 19.6 Å². The van der Waals surface area contributed by atoms with Gasteiger partial charge in [0.1, 0.15) is 6.54 Å². The van der Waals surface area contributed by atoms with E-state index >= 15 is 0 Å². The van der Waals surface area contributed by atoms with Crippen molar-refractivity contribution in [2.45, 2.75) is 26.2 Å². The summed E-state index contributed by atoms with van der Waals surface area (Å²) < 4.78 is 40.0. The van der Waals surface area contributed by atoms with Gasteiger partial charge in [-0.15, -0.1) is 0 Å². The Labute approximate surface area is 192 Å². The molecule has 3 heterocycles. The predicted molar refractivity (Wildman–Crippen MR) is 112 cm³/mol. The van der Waals surface area contributed by atoms with Crippen LogP contribution >= 0.6 is 34.8 Å². The second kappa shape index (κ2) is 8.46. The fourth-order valence-electron chi connectivity index (χ4n) is 4.40. The third-order valence-electron chi connectivity index (χ3n) is 6.01. The molecule has 0 radical (unpaired) electrons. The van der Waals surface area contributed by atoms with Gasteiger partial charge >= 0.3 is 6.18 Å². The van der Waals surface area contributed by atoms with Gasteiger partial charge in [-0.2, -0.15) is 18.3 Å². The maximum Gasteiger partial charge on any atom is 0.436 e. The summed E-state index contributed by atoms with van der Waals surface area (Å²) in [5.41, 5.74) is -0.0208. The zero-order valence-electron chi connectivity index (χ0n) is 16.6. The summed E-state index contributed by atoms with van der Waals surface area (Å²) in [7, 11) is 0. The smallest absolute Gasteiger partial charge is 0.340 e. The highest BCUT2D eigenvalue weighted by atomic mass is 35.5. The Kier molecular flexibility index (Phi) is 6.20. The first-order valence-electron chi connectivity index (χ1n) is 9.77. The predicted octanol–water partition coefficient (Wildman–Crippen LogP) is 4.76. The van der Waals surface area contributed by atoms with E-state index in [1.165, 1.54) is 6.92 Å². The molecule has 2 fully saturated rings. The number of carbonyl (C=O) groups excluding carboxylic acids is 1. The van der Waals surface area contributed by atoms with Crippen LogP contribution in [0.5, 0.6) is 0 Å². The molecule has 2 unspecified atom stereocenters. The number of rotatable bonds is 4. The number of alkyl halides is 3. The lowest BCUT2D eigenvalue weighted by atomic mass is 10.0. The largest absolute Gasteiger partial charge is 0.436 e. The topological polar surface area (TPSA) is 41.4 Å². The number of likely N-dealkylation sites (tertiary alicyclic amines) is 2. The Morgan fingerprint density at radius 2 is 1.77 bits per heavy atom. The van der Waals surface area contributed by atoms with E-state index in [9.17, 15) is 18.0 Å². The van der Waals surface area contributed by atoms with Gasteiger partial charge in [0.25, 0.3) is 0 Å². The van der Waals surface area contributed by atoms with Crippen molar-refractivity contribution in [2.24, 2.45) is 11.8 Å². The van der Waals surface area contributed by atoms with Crippen LogP contribution in [-0.2, 0) is 24.1 Å². The molecule has 31 heavy (non-hydrogen) atoms. The summed E-state index contributed by atoms with van der Waals surface area (Å²) in [5, 5.41) is 4.28. The van der Waals surface area contributed by atoms with Crippen LogP contribution in [0.1, 0.15) is 17.0 Å². The van der Waals surface area contributed by atoms with Crippen LogP contribution in [0.25, 0.3) is 0 Å². The molecule has 2 atom stereocenters. The number of carbonyl (C=O) groups is 1. The maximum atomic E-state index is 13.0. The van der Waals surface area contributed by atoms with Crippen LogP contribution in [0.3, 0.4) is 0 Å². The van der Waals surface area contributed by atoms with Crippen LogP contribution in [0, 0.1) is 18.8 Å². The first-order chi connectivity index (χ1) is 14.5. The fraction of sp³-hybridized carbons (Fsp3) is 0.500. The molecule has 1 amide bonds. The van der Waals surface area contributed by atoms with E-state index < -0.39 is 16.9 Å². The van der Waals surface area contributed by atoms with E-state index in [1.54, 1.807) is 11.0 Å². The molecule has 0 aliphatic carbocycles. The zero-order chi connectivity index (χ0) is 22.5. The summed E-state index contributed by atoms with van der Waals surface area (Å²) in [6.07, 6.45) is -4.66. The third-order valence-corrected chi connectivity index (χ3v) is 7.05. The van der Waals surface area contributed by atoms with Gasteiger partial charge in [0.2, 0.25) is 5.91 Å². The molecule has 4 rings (SSSR count). The highest BCUT2D eigenvalue weighted by Crippen LogP contribution is 2.36. The number of nitrogens with zero attached hydrogens (tertiary/aromatic N) is 4. The fourth-order valence-corrected chi connectivity index (χ4v) is 5.11. The minimum absolute atomic E-state index is 0.132. The molecule has 2 aliphatic heterocycles. The average molecular weight is 496 g/mol. The van der Waals surface area contributed by atoms with Gasteiger partial charge in [0.05, 0.1) is 10.7 Å². The Bertz CT molecular complexity index is 996. The molecule has 0 saturated carbocycles. The van der Waals surface area contributed by atoms with E-state index in [1.807, 2.05) is 12.1 Å². The van der Waals surface area contributed by atoms with Crippen molar-refractivity contribution in [1.29, 1.82) is 0 Å². The van der Waals surface area contributed by atoms with Gasteiger partial charge in [-0.05, 0) is 36.5 Å². The average Bonchev–Trinajstić information content (AvgIpc) is 3.31. The molecule has 2 aliphatic rings. The van der Waals surface area contributed by atoms with Crippen molar-refractivity contribution < 1.29 is 18.0 Å².